The fourth-order valence-corrected chi connectivity index (χ4v) is 1.51. The fraction of sp³-hybridized carbons (Fsp3) is 0.385. The summed E-state index contributed by atoms with van der Waals surface area (Å²) >= 11 is 0. The number of methoxy groups -OCH3 is 1. The predicted molar refractivity (Wildman–Crippen MR) is 73.2 cm³/mol. The lowest BCUT2D eigenvalue weighted by atomic mass is 10.0. The third-order valence-electron chi connectivity index (χ3n) is 3.21. The summed E-state index contributed by atoms with van der Waals surface area (Å²) < 4.78 is 18.7. The number of oxime groups is 1. The second-order valence-electron chi connectivity index (χ2n) is 4.42. The minimum atomic E-state index is -0.981. The van der Waals surface area contributed by atoms with Gasteiger partial charge < -0.3 is 21.0 Å². The first-order valence-electron chi connectivity index (χ1n) is 6.02. The summed E-state index contributed by atoms with van der Waals surface area (Å²) in [5.74, 6) is -1.38. The van der Waals surface area contributed by atoms with Crippen LogP contribution in [0, 0.1) is 5.82 Å². The number of carbonyl (C=O) groups excluding carboxylic acids is 1. The Bertz CT molecular complexity index is 528. The number of hydrogen-bond donors (Lipinski definition) is 3. The molecule has 1 aromatic rings. The molecule has 0 heterocycles. The van der Waals surface area contributed by atoms with E-state index >= 15 is 0 Å². The highest BCUT2D eigenvalue weighted by molar-refractivity contribution is 6.01. The maximum atomic E-state index is 13.5. The molecule has 0 saturated heterocycles. The van der Waals surface area contributed by atoms with E-state index in [0.29, 0.717) is 12.1 Å². The zero-order chi connectivity index (χ0) is 15.3. The topological polar surface area (TPSA) is 96.9 Å². The van der Waals surface area contributed by atoms with Crippen LogP contribution in [0.3, 0.4) is 0 Å². The van der Waals surface area contributed by atoms with Gasteiger partial charge in [0.15, 0.2) is 5.84 Å². The molecule has 0 spiro atoms. The number of amidine groups is 1. The Morgan fingerprint density at radius 2 is 2.25 bits per heavy atom. The van der Waals surface area contributed by atoms with Crippen molar-refractivity contribution in [3.63, 3.8) is 0 Å². The molecule has 0 bridgehead atoms. The molecule has 1 aromatic carbocycles. The maximum absolute atomic E-state index is 13.5. The zero-order valence-corrected chi connectivity index (χ0v) is 11.6. The van der Waals surface area contributed by atoms with E-state index in [1.165, 1.54) is 19.2 Å². The van der Waals surface area contributed by atoms with Gasteiger partial charge in [-0.15, -0.1) is 0 Å². The van der Waals surface area contributed by atoms with E-state index in [2.05, 4.69) is 10.5 Å². The second-order valence-corrected chi connectivity index (χ2v) is 4.42. The standard InChI is InChI=1S/C13H18FN3O3/c1-4-13(2,20-3)12(18)16-8-5-6-10(14)9(7-8)11(15)17-19/h5-7,19H,4H2,1-3H3,(H2,15,17)(H,16,18). The number of hydrogen-bond acceptors (Lipinski definition) is 4. The molecule has 6 nitrogen and oxygen atoms in total. The van der Waals surface area contributed by atoms with Crippen molar-refractivity contribution in [2.75, 3.05) is 12.4 Å². The molecule has 4 N–H and O–H groups in total. The highest BCUT2D eigenvalue weighted by Crippen LogP contribution is 2.19. The molecular formula is C13H18FN3O3. The number of amides is 1. The van der Waals surface area contributed by atoms with Gasteiger partial charge in [-0.3, -0.25) is 4.79 Å². The van der Waals surface area contributed by atoms with Crippen LogP contribution in [0.15, 0.2) is 23.4 Å². The van der Waals surface area contributed by atoms with Crippen LogP contribution in [0.4, 0.5) is 10.1 Å². The summed E-state index contributed by atoms with van der Waals surface area (Å²) in [6, 6.07) is 3.79. The lowest BCUT2D eigenvalue weighted by Crippen LogP contribution is -2.41. The monoisotopic (exact) mass is 283 g/mol. The molecule has 1 atom stereocenters. The van der Waals surface area contributed by atoms with E-state index in [1.807, 2.05) is 6.92 Å². The number of ether oxygens (including phenoxy) is 1. The molecule has 7 heteroatoms. The molecule has 0 aliphatic carbocycles. The molecule has 0 aliphatic rings. The third-order valence-corrected chi connectivity index (χ3v) is 3.21. The molecule has 0 radical (unpaired) electrons. The van der Waals surface area contributed by atoms with Gasteiger partial charge in [0.05, 0.1) is 5.56 Å². The van der Waals surface area contributed by atoms with Crippen molar-refractivity contribution in [2.45, 2.75) is 25.9 Å². The van der Waals surface area contributed by atoms with Gasteiger partial charge >= 0.3 is 0 Å². The molecule has 1 amide bonds. The Labute approximate surface area is 116 Å². The van der Waals surface area contributed by atoms with Crippen molar-refractivity contribution in [3.05, 3.63) is 29.6 Å². The second kappa shape index (κ2) is 6.33. The first kappa shape index (κ1) is 15.9. The van der Waals surface area contributed by atoms with Crippen LogP contribution in [0.1, 0.15) is 25.8 Å². The Hall–Kier alpha value is -2.15. The smallest absolute Gasteiger partial charge is 0.256 e. The van der Waals surface area contributed by atoms with Crippen LogP contribution in [-0.4, -0.2) is 29.7 Å². The first-order valence-corrected chi connectivity index (χ1v) is 6.02. The van der Waals surface area contributed by atoms with Gasteiger partial charge in [0.2, 0.25) is 0 Å². The highest BCUT2D eigenvalue weighted by atomic mass is 19.1. The number of nitrogens with two attached hydrogens (primary N) is 1. The molecule has 20 heavy (non-hydrogen) atoms. The summed E-state index contributed by atoms with van der Waals surface area (Å²) in [7, 11) is 1.44. The van der Waals surface area contributed by atoms with Gasteiger partial charge in [0, 0.05) is 12.8 Å². The number of nitrogens with one attached hydrogen (secondary N) is 1. The fourth-order valence-electron chi connectivity index (χ4n) is 1.51. The van der Waals surface area contributed by atoms with Crippen LogP contribution in [0.2, 0.25) is 0 Å². The quantitative estimate of drug-likeness (QED) is 0.331. The average molecular weight is 283 g/mol. The van der Waals surface area contributed by atoms with Crippen LogP contribution >= 0.6 is 0 Å². The third kappa shape index (κ3) is 3.24. The number of nitrogens with zero attached hydrogens (tertiary/aromatic N) is 1. The number of benzene rings is 1. The van der Waals surface area contributed by atoms with Crippen LogP contribution in [0.5, 0.6) is 0 Å². The molecule has 110 valence electrons. The number of rotatable bonds is 5. The molecule has 0 fully saturated rings. The summed E-state index contributed by atoms with van der Waals surface area (Å²) in [4.78, 5) is 12.1. The van der Waals surface area contributed by atoms with E-state index in [4.69, 9.17) is 15.7 Å². The first-order chi connectivity index (χ1) is 9.37. The number of halogens is 1. The maximum Gasteiger partial charge on any atom is 0.256 e. The van der Waals surface area contributed by atoms with Crippen molar-refractivity contribution in [3.8, 4) is 0 Å². The van der Waals surface area contributed by atoms with Gasteiger partial charge in [-0.05, 0) is 31.5 Å². The van der Waals surface area contributed by atoms with E-state index in [1.54, 1.807) is 6.92 Å². The van der Waals surface area contributed by atoms with Crippen molar-refractivity contribution < 1.29 is 19.1 Å². The van der Waals surface area contributed by atoms with E-state index < -0.39 is 11.4 Å². The van der Waals surface area contributed by atoms with Gasteiger partial charge in [0.25, 0.3) is 5.91 Å². The van der Waals surface area contributed by atoms with Crippen molar-refractivity contribution in [1.82, 2.24) is 0 Å². The molecule has 0 saturated carbocycles. The Kier molecular flexibility index (Phi) is 5.04. The van der Waals surface area contributed by atoms with Crippen molar-refractivity contribution >= 4 is 17.4 Å². The average Bonchev–Trinajstić information content (AvgIpc) is 2.47. The molecule has 0 aliphatic heterocycles. The minimum absolute atomic E-state index is 0.0964. The largest absolute Gasteiger partial charge is 0.409 e. The SMILES string of the molecule is CCC(C)(OC)C(=O)Nc1ccc(F)c(/C(N)=N/O)c1. The Balaban J connectivity index is 3.03. The highest BCUT2D eigenvalue weighted by Gasteiger charge is 2.31. The normalized spacial score (nSPS) is 14.7. The van der Waals surface area contributed by atoms with Gasteiger partial charge in [-0.25, -0.2) is 4.39 Å². The van der Waals surface area contributed by atoms with Gasteiger partial charge in [0.1, 0.15) is 11.4 Å². The number of anilines is 1. The Morgan fingerprint density at radius 1 is 1.60 bits per heavy atom. The summed E-state index contributed by atoms with van der Waals surface area (Å²) in [5, 5.41) is 13.9. The molecule has 0 aromatic heterocycles. The summed E-state index contributed by atoms with van der Waals surface area (Å²) in [6.07, 6.45) is 0.476. The van der Waals surface area contributed by atoms with Crippen molar-refractivity contribution in [2.24, 2.45) is 10.9 Å². The van der Waals surface area contributed by atoms with E-state index in [0.717, 1.165) is 6.07 Å². The molecule has 1 unspecified atom stereocenters. The van der Waals surface area contributed by atoms with E-state index in [-0.39, 0.29) is 17.3 Å². The van der Waals surface area contributed by atoms with Crippen LogP contribution in [-0.2, 0) is 9.53 Å². The lowest BCUT2D eigenvalue weighted by Gasteiger charge is -2.25. The van der Waals surface area contributed by atoms with Gasteiger partial charge in [-0.1, -0.05) is 12.1 Å². The summed E-state index contributed by atoms with van der Waals surface area (Å²) in [5.41, 5.74) is 4.61. The Morgan fingerprint density at radius 3 is 2.75 bits per heavy atom. The zero-order valence-electron chi connectivity index (χ0n) is 11.6. The van der Waals surface area contributed by atoms with Crippen LogP contribution in [0.25, 0.3) is 0 Å². The number of carbonyl (C=O) groups is 1. The lowest BCUT2D eigenvalue weighted by molar-refractivity contribution is -0.136. The summed E-state index contributed by atoms with van der Waals surface area (Å²) in [6.45, 7) is 3.46. The molecule has 1 rings (SSSR count). The van der Waals surface area contributed by atoms with E-state index in [9.17, 15) is 9.18 Å². The predicted octanol–water partition coefficient (Wildman–Crippen LogP) is 1.67. The van der Waals surface area contributed by atoms with Crippen molar-refractivity contribution in [1.29, 1.82) is 0 Å². The van der Waals surface area contributed by atoms with Crippen LogP contribution < -0.4 is 11.1 Å². The molecular weight excluding hydrogens is 265 g/mol. The van der Waals surface area contributed by atoms with Gasteiger partial charge in [-0.2, -0.15) is 0 Å². The minimum Gasteiger partial charge on any atom is -0.409 e.